The first-order valence-electron chi connectivity index (χ1n) is 7.62. The fourth-order valence-electron chi connectivity index (χ4n) is 2.24. The van der Waals surface area contributed by atoms with Crippen molar-refractivity contribution in [1.29, 1.82) is 0 Å². The van der Waals surface area contributed by atoms with Gasteiger partial charge in [0.1, 0.15) is 0 Å². The molecule has 0 aliphatic heterocycles. The van der Waals surface area contributed by atoms with Crippen molar-refractivity contribution >= 4 is 29.2 Å². The molecule has 0 radical (unpaired) electrons. The van der Waals surface area contributed by atoms with Gasteiger partial charge in [0, 0.05) is 5.69 Å². The molecule has 0 aliphatic rings. The summed E-state index contributed by atoms with van der Waals surface area (Å²) in [5.74, 6) is 0. The SMILES string of the molecule is S=C(N/N=C/c1ccc(-c2ccccc2)cc1)Nc1ccccc1. The molecule has 0 saturated carbocycles. The van der Waals surface area contributed by atoms with Gasteiger partial charge in [-0.15, -0.1) is 0 Å². The maximum Gasteiger partial charge on any atom is 0.191 e. The van der Waals surface area contributed by atoms with Crippen LogP contribution in [0.15, 0.2) is 90.0 Å². The molecule has 2 N–H and O–H groups in total. The molecule has 3 aromatic carbocycles. The van der Waals surface area contributed by atoms with E-state index in [-0.39, 0.29) is 0 Å². The molecule has 24 heavy (non-hydrogen) atoms. The van der Waals surface area contributed by atoms with E-state index < -0.39 is 0 Å². The third-order valence-corrected chi connectivity index (χ3v) is 3.62. The van der Waals surface area contributed by atoms with Crippen LogP contribution in [-0.2, 0) is 0 Å². The molecule has 0 aliphatic carbocycles. The van der Waals surface area contributed by atoms with Gasteiger partial charge in [-0.1, -0.05) is 72.8 Å². The van der Waals surface area contributed by atoms with Crippen molar-refractivity contribution in [3.8, 4) is 11.1 Å². The average Bonchev–Trinajstić information content (AvgIpc) is 2.64. The number of para-hydroxylation sites is 1. The number of nitrogens with zero attached hydrogens (tertiary/aromatic N) is 1. The zero-order chi connectivity index (χ0) is 16.6. The van der Waals surface area contributed by atoms with Crippen LogP contribution in [0, 0.1) is 0 Å². The van der Waals surface area contributed by atoms with E-state index in [0.29, 0.717) is 5.11 Å². The lowest BCUT2D eigenvalue weighted by Gasteiger charge is -2.06. The predicted octanol–water partition coefficient (Wildman–Crippen LogP) is 4.67. The Kier molecular flexibility index (Phi) is 5.32. The topological polar surface area (TPSA) is 36.4 Å². The van der Waals surface area contributed by atoms with Crippen molar-refractivity contribution in [3.63, 3.8) is 0 Å². The minimum absolute atomic E-state index is 0.457. The Morgan fingerprint density at radius 2 is 1.33 bits per heavy atom. The highest BCUT2D eigenvalue weighted by Crippen LogP contribution is 2.18. The van der Waals surface area contributed by atoms with E-state index >= 15 is 0 Å². The number of benzene rings is 3. The second-order valence-corrected chi connectivity index (χ2v) is 5.59. The number of nitrogens with one attached hydrogen (secondary N) is 2. The van der Waals surface area contributed by atoms with Crippen LogP contribution in [0.2, 0.25) is 0 Å². The first kappa shape index (κ1) is 15.9. The van der Waals surface area contributed by atoms with Crippen LogP contribution in [0.5, 0.6) is 0 Å². The molecule has 0 fully saturated rings. The van der Waals surface area contributed by atoms with Crippen molar-refractivity contribution in [2.75, 3.05) is 5.32 Å². The molecule has 118 valence electrons. The van der Waals surface area contributed by atoms with Gasteiger partial charge < -0.3 is 5.32 Å². The highest BCUT2D eigenvalue weighted by Gasteiger charge is 1.97. The van der Waals surface area contributed by atoms with Gasteiger partial charge in [0.2, 0.25) is 0 Å². The van der Waals surface area contributed by atoms with Gasteiger partial charge in [-0.3, -0.25) is 5.43 Å². The van der Waals surface area contributed by atoms with Gasteiger partial charge >= 0.3 is 0 Å². The zero-order valence-corrected chi connectivity index (χ0v) is 13.8. The fraction of sp³-hybridized carbons (Fsp3) is 0. The summed E-state index contributed by atoms with van der Waals surface area (Å²) >= 11 is 5.20. The first-order chi connectivity index (χ1) is 11.8. The van der Waals surface area contributed by atoms with Crippen molar-refractivity contribution in [1.82, 2.24) is 5.43 Å². The van der Waals surface area contributed by atoms with Crippen molar-refractivity contribution in [3.05, 3.63) is 90.5 Å². The van der Waals surface area contributed by atoms with E-state index in [1.165, 1.54) is 11.1 Å². The van der Waals surface area contributed by atoms with Gasteiger partial charge in [-0.2, -0.15) is 5.10 Å². The van der Waals surface area contributed by atoms with Crippen LogP contribution in [0.1, 0.15) is 5.56 Å². The minimum Gasteiger partial charge on any atom is -0.331 e. The third kappa shape index (κ3) is 4.51. The molecule has 0 aromatic heterocycles. The average molecular weight is 331 g/mol. The lowest BCUT2D eigenvalue weighted by atomic mass is 10.0. The van der Waals surface area contributed by atoms with Crippen molar-refractivity contribution in [2.45, 2.75) is 0 Å². The van der Waals surface area contributed by atoms with Crippen LogP contribution in [-0.4, -0.2) is 11.3 Å². The number of hydrogen-bond donors (Lipinski definition) is 2. The van der Waals surface area contributed by atoms with E-state index in [0.717, 1.165) is 11.3 Å². The Morgan fingerprint density at radius 3 is 2.00 bits per heavy atom. The highest BCUT2D eigenvalue weighted by molar-refractivity contribution is 7.80. The van der Waals surface area contributed by atoms with E-state index in [4.69, 9.17) is 12.2 Å². The molecule has 0 heterocycles. The number of hydrogen-bond acceptors (Lipinski definition) is 2. The molecule has 4 heteroatoms. The summed E-state index contributed by atoms with van der Waals surface area (Å²) < 4.78 is 0. The van der Waals surface area contributed by atoms with Gasteiger partial charge in [-0.25, -0.2) is 0 Å². The lowest BCUT2D eigenvalue weighted by molar-refractivity contribution is 1.05. The maximum absolute atomic E-state index is 5.20. The van der Waals surface area contributed by atoms with Gasteiger partial charge in [0.05, 0.1) is 6.21 Å². The quantitative estimate of drug-likeness (QED) is 0.414. The molecule has 3 nitrogen and oxygen atoms in total. The summed E-state index contributed by atoms with van der Waals surface area (Å²) in [5, 5.41) is 7.68. The summed E-state index contributed by atoms with van der Waals surface area (Å²) in [4.78, 5) is 0. The molecule has 0 atom stereocenters. The van der Waals surface area contributed by atoms with Gasteiger partial charge in [0.25, 0.3) is 0 Å². The summed E-state index contributed by atoms with van der Waals surface area (Å²) in [5.41, 5.74) is 7.13. The van der Waals surface area contributed by atoms with E-state index in [9.17, 15) is 0 Å². The molecule has 3 aromatic rings. The molecule has 0 bridgehead atoms. The predicted molar refractivity (Wildman–Crippen MR) is 105 cm³/mol. The molecular weight excluding hydrogens is 314 g/mol. The maximum atomic E-state index is 5.20. The summed E-state index contributed by atoms with van der Waals surface area (Å²) in [6, 6.07) is 28.2. The summed E-state index contributed by atoms with van der Waals surface area (Å²) in [6.45, 7) is 0. The number of hydrazone groups is 1. The highest BCUT2D eigenvalue weighted by atomic mass is 32.1. The molecule has 0 saturated heterocycles. The van der Waals surface area contributed by atoms with E-state index in [1.54, 1.807) is 6.21 Å². The number of rotatable bonds is 4. The Bertz CT molecular complexity index is 813. The van der Waals surface area contributed by atoms with E-state index in [1.807, 2.05) is 60.7 Å². The second-order valence-electron chi connectivity index (χ2n) is 5.18. The number of thiocarbonyl (C=S) groups is 1. The summed E-state index contributed by atoms with van der Waals surface area (Å²) in [7, 11) is 0. The third-order valence-electron chi connectivity index (χ3n) is 3.43. The van der Waals surface area contributed by atoms with Gasteiger partial charge in [0.15, 0.2) is 5.11 Å². The van der Waals surface area contributed by atoms with Crippen LogP contribution in [0.25, 0.3) is 11.1 Å². The standard InChI is InChI=1S/C20H17N3S/c24-20(22-19-9-5-2-6-10-19)23-21-15-16-11-13-18(14-12-16)17-7-3-1-4-8-17/h1-15H,(H2,22,23,24)/b21-15+. The Balaban J connectivity index is 1.56. The van der Waals surface area contributed by atoms with E-state index in [2.05, 4.69) is 40.1 Å². The van der Waals surface area contributed by atoms with Crippen LogP contribution in [0.4, 0.5) is 5.69 Å². The lowest BCUT2D eigenvalue weighted by Crippen LogP contribution is -2.23. The second kappa shape index (κ2) is 8.04. The smallest absolute Gasteiger partial charge is 0.191 e. The first-order valence-corrected chi connectivity index (χ1v) is 8.03. The largest absolute Gasteiger partial charge is 0.331 e. The normalized spacial score (nSPS) is 10.5. The fourth-order valence-corrected chi connectivity index (χ4v) is 2.41. The molecule has 0 unspecified atom stereocenters. The Labute approximate surface area is 147 Å². The van der Waals surface area contributed by atoms with Crippen LogP contribution in [0.3, 0.4) is 0 Å². The van der Waals surface area contributed by atoms with Crippen LogP contribution < -0.4 is 10.7 Å². The van der Waals surface area contributed by atoms with Crippen molar-refractivity contribution in [2.24, 2.45) is 5.10 Å². The molecule has 0 amide bonds. The van der Waals surface area contributed by atoms with Crippen LogP contribution >= 0.6 is 12.2 Å². The Hall–Kier alpha value is -2.98. The monoisotopic (exact) mass is 331 g/mol. The van der Waals surface area contributed by atoms with Crippen molar-refractivity contribution < 1.29 is 0 Å². The molecular formula is C20H17N3S. The molecule has 3 rings (SSSR count). The summed E-state index contributed by atoms with van der Waals surface area (Å²) in [6.07, 6.45) is 1.74. The molecule has 0 spiro atoms. The van der Waals surface area contributed by atoms with Gasteiger partial charge in [-0.05, 0) is 41.0 Å². The number of anilines is 1. The zero-order valence-electron chi connectivity index (χ0n) is 13.0. The minimum atomic E-state index is 0.457. The Morgan fingerprint density at radius 1 is 0.750 bits per heavy atom.